The third kappa shape index (κ3) is 3.08. The van der Waals surface area contributed by atoms with Gasteiger partial charge in [-0.25, -0.2) is 0 Å². The first kappa shape index (κ1) is 16.6. The van der Waals surface area contributed by atoms with Gasteiger partial charge in [-0.15, -0.1) is 0 Å². The van der Waals surface area contributed by atoms with Crippen molar-refractivity contribution < 1.29 is 9.47 Å². The molecule has 128 valence electrons. The minimum absolute atomic E-state index is 0.290. The number of fused-ring (bicyclic) bond motifs is 1. The lowest BCUT2D eigenvalue weighted by Gasteiger charge is -2.38. The molecule has 1 aromatic rings. The summed E-state index contributed by atoms with van der Waals surface area (Å²) in [5, 5.41) is 0. The average molecular weight is 317 g/mol. The summed E-state index contributed by atoms with van der Waals surface area (Å²) in [7, 11) is 5.76. The van der Waals surface area contributed by atoms with Crippen LogP contribution in [0.25, 0.3) is 0 Å². The first-order valence-corrected chi connectivity index (χ1v) is 9.14. The average Bonchev–Trinajstić information content (AvgIpc) is 2.95. The van der Waals surface area contributed by atoms with Crippen molar-refractivity contribution in [1.82, 2.24) is 4.90 Å². The molecule has 1 heterocycles. The summed E-state index contributed by atoms with van der Waals surface area (Å²) in [6, 6.07) is 7.28. The van der Waals surface area contributed by atoms with Gasteiger partial charge >= 0.3 is 0 Å². The maximum Gasteiger partial charge on any atom is 0.161 e. The number of nitrogens with zero attached hydrogens (tertiary/aromatic N) is 1. The van der Waals surface area contributed by atoms with Crippen molar-refractivity contribution in [3.05, 3.63) is 23.8 Å². The summed E-state index contributed by atoms with van der Waals surface area (Å²) >= 11 is 0. The summed E-state index contributed by atoms with van der Waals surface area (Å²) in [6.45, 7) is 1.21. The minimum Gasteiger partial charge on any atom is -0.493 e. The van der Waals surface area contributed by atoms with Crippen molar-refractivity contribution in [3.63, 3.8) is 0 Å². The Hall–Kier alpha value is -1.22. The number of hydrogen-bond acceptors (Lipinski definition) is 3. The van der Waals surface area contributed by atoms with Gasteiger partial charge in [0.15, 0.2) is 11.5 Å². The number of ether oxygens (including phenoxy) is 2. The molecule has 1 aliphatic carbocycles. The topological polar surface area (TPSA) is 21.7 Å². The van der Waals surface area contributed by atoms with E-state index >= 15 is 0 Å². The van der Waals surface area contributed by atoms with Gasteiger partial charge in [0.25, 0.3) is 0 Å². The molecule has 2 aliphatic rings. The number of likely N-dealkylation sites (N-methyl/N-ethyl adjacent to an activating group) is 1. The standard InChI is InChI=1S/C20H31NO2/c1-21-14-13-20(12-8-6-4-5-7-9-19(20)21)16-10-11-17(22-2)18(15-16)23-3/h10-11,15,19H,4-9,12-14H2,1-3H3. The van der Waals surface area contributed by atoms with Gasteiger partial charge in [-0.2, -0.15) is 0 Å². The fourth-order valence-corrected chi connectivity index (χ4v) is 4.84. The summed E-state index contributed by atoms with van der Waals surface area (Å²) in [5.41, 5.74) is 1.74. The predicted molar refractivity (Wildman–Crippen MR) is 94.6 cm³/mol. The highest BCUT2D eigenvalue weighted by Crippen LogP contribution is 2.48. The van der Waals surface area contributed by atoms with Crippen molar-refractivity contribution in [2.24, 2.45) is 0 Å². The lowest BCUT2D eigenvalue weighted by atomic mass is 9.69. The van der Waals surface area contributed by atoms with E-state index in [1.165, 1.54) is 63.5 Å². The van der Waals surface area contributed by atoms with Crippen LogP contribution >= 0.6 is 0 Å². The Balaban J connectivity index is 2.01. The van der Waals surface area contributed by atoms with Crippen LogP contribution in [0.4, 0.5) is 0 Å². The van der Waals surface area contributed by atoms with E-state index in [2.05, 4.69) is 30.1 Å². The highest BCUT2D eigenvalue weighted by molar-refractivity contribution is 5.46. The maximum absolute atomic E-state index is 5.58. The molecule has 0 N–H and O–H groups in total. The molecule has 1 saturated heterocycles. The van der Waals surface area contributed by atoms with Crippen LogP contribution in [0.3, 0.4) is 0 Å². The third-order valence-corrected chi connectivity index (χ3v) is 6.14. The lowest BCUT2D eigenvalue weighted by Crippen LogP contribution is -2.41. The number of hydrogen-bond donors (Lipinski definition) is 0. The number of likely N-dealkylation sites (tertiary alicyclic amines) is 1. The summed E-state index contributed by atoms with van der Waals surface area (Å²) in [5.74, 6) is 1.70. The summed E-state index contributed by atoms with van der Waals surface area (Å²) in [4.78, 5) is 2.60. The van der Waals surface area contributed by atoms with Gasteiger partial charge in [-0.3, -0.25) is 0 Å². The normalized spacial score (nSPS) is 29.3. The quantitative estimate of drug-likeness (QED) is 0.825. The zero-order valence-electron chi connectivity index (χ0n) is 14.9. The van der Waals surface area contributed by atoms with E-state index in [9.17, 15) is 0 Å². The molecule has 2 unspecified atom stereocenters. The van der Waals surface area contributed by atoms with E-state index in [4.69, 9.17) is 9.47 Å². The molecule has 1 aromatic carbocycles. The highest BCUT2D eigenvalue weighted by atomic mass is 16.5. The van der Waals surface area contributed by atoms with Gasteiger partial charge < -0.3 is 14.4 Å². The molecule has 3 nitrogen and oxygen atoms in total. The van der Waals surface area contributed by atoms with E-state index in [0.29, 0.717) is 11.5 Å². The molecule has 3 rings (SSSR count). The smallest absolute Gasteiger partial charge is 0.161 e. The zero-order valence-corrected chi connectivity index (χ0v) is 14.9. The molecule has 1 saturated carbocycles. The fourth-order valence-electron chi connectivity index (χ4n) is 4.84. The molecule has 2 atom stereocenters. The van der Waals surface area contributed by atoms with Crippen molar-refractivity contribution in [2.75, 3.05) is 27.8 Å². The molecule has 0 radical (unpaired) electrons. The monoisotopic (exact) mass is 317 g/mol. The Kier molecular flexibility index (Phi) is 5.15. The zero-order chi connectivity index (χ0) is 16.3. The first-order valence-electron chi connectivity index (χ1n) is 9.14. The molecule has 23 heavy (non-hydrogen) atoms. The summed E-state index contributed by atoms with van der Waals surface area (Å²) < 4.78 is 11.0. The molecule has 2 fully saturated rings. The first-order chi connectivity index (χ1) is 11.2. The Morgan fingerprint density at radius 3 is 2.48 bits per heavy atom. The number of benzene rings is 1. The lowest BCUT2D eigenvalue weighted by molar-refractivity contribution is 0.216. The molecule has 0 spiro atoms. The Bertz CT molecular complexity index is 530. The van der Waals surface area contributed by atoms with E-state index < -0.39 is 0 Å². The molecular weight excluding hydrogens is 286 g/mol. The van der Waals surface area contributed by atoms with Gasteiger partial charge in [0.05, 0.1) is 14.2 Å². The Morgan fingerprint density at radius 2 is 1.70 bits per heavy atom. The third-order valence-electron chi connectivity index (χ3n) is 6.14. The van der Waals surface area contributed by atoms with Crippen molar-refractivity contribution >= 4 is 0 Å². The summed E-state index contributed by atoms with van der Waals surface area (Å²) in [6.07, 6.45) is 10.8. The van der Waals surface area contributed by atoms with E-state index in [-0.39, 0.29) is 0 Å². The second-order valence-corrected chi connectivity index (χ2v) is 7.28. The predicted octanol–water partition coefficient (Wildman–Crippen LogP) is 4.39. The van der Waals surface area contributed by atoms with E-state index in [1.807, 2.05) is 0 Å². The van der Waals surface area contributed by atoms with Gasteiger partial charge in [-0.1, -0.05) is 38.2 Å². The maximum atomic E-state index is 5.58. The van der Waals surface area contributed by atoms with Crippen LogP contribution < -0.4 is 9.47 Å². The van der Waals surface area contributed by atoms with Gasteiger partial charge in [0, 0.05) is 11.5 Å². The number of methoxy groups -OCH3 is 2. The van der Waals surface area contributed by atoms with Crippen LogP contribution in [0.2, 0.25) is 0 Å². The highest BCUT2D eigenvalue weighted by Gasteiger charge is 2.46. The Morgan fingerprint density at radius 1 is 0.957 bits per heavy atom. The van der Waals surface area contributed by atoms with Crippen molar-refractivity contribution in [2.45, 2.75) is 62.8 Å². The molecule has 1 aliphatic heterocycles. The van der Waals surface area contributed by atoms with E-state index in [0.717, 1.165) is 11.5 Å². The molecule has 3 heteroatoms. The number of rotatable bonds is 3. The Labute approximate surface area is 141 Å². The van der Waals surface area contributed by atoms with Crippen molar-refractivity contribution in [1.29, 1.82) is 0 Å². The second kappa shape index (κ2) is 7.12. The van der Waals surface area contributed by atoms with Crippen LogP contribution in [0, 0.1) is 0 Å². The largest absolute Gasteiger partial charge is 0.493 e. The van der Waals surface area contributed by atoms with Crippen LogP contribution in [-0.4, -0.2) is 38.8 Å². The molecule has 0 aromatic heterocycles. The molecular formula is C20H31NO2. The van der Waals surface area contributed by atoms with Crippen LogP contribution in [0.1, 0.15) is 56.9 Å². The second-order valence-electron chi connectivity index (χ2n) is 7.28. The SMILES string of the molecule is COc1ccc(C23CCCCCCCC2N(C)CC3)cc1OC. The van der Waals surface area contributed by atoms with Crippen LogP contribution in [0.5, 0.6) is 11.5 Å². The molecule has 0 bridgehead atoms. The van der Waals surface area contributed by atoms with Crippen LogP contribution in [-0.2, 0) is 5.41 Å². The van der Waals surface area contributed by atoms with E-state index in [1.54, 1.807) is 14.2 Å². The van der Waals surface area contributed by atoms with Gasteiger partial charge in [0.2, 0.25) is 0 Å². The molecule has 0 amide bonds. The van der Waals surface area contributed by atoms with Gasteiger partial charge in [-0.05, 0) is 50.6 Å². The fraction of sp³-hybridized carbons (Fsp3) is 0.700. The van der Waals surface area contributed by atoms with Gasteiger partial charge in [0.1, 0.15) is 0 Å². The van der Waals surface area contributed by atoms with Crippen LogP contribution in [0.15, 0.2) is 18.2 Å². The minimum atomic E-state index is 0.290. The van der Waals surface area contributed by atoms with Crippen molar-refractivity contribution in [3.8, 4) is 11.5 Å².